The first kappa shape index (κ1) is 25.8. The van der Waals surface area contributed by atoms with Gasteiger partial charge in [-0.3, -0.25) is 9.59 Å². The number of hydrogen-bond acceptors (Lipinski definition) is 2. The highest BCUT2D eigenvalue weighted by Gasteiger charge is 2.14. The third-order valence-corrected chi connectivity index (χ3v) is 10.7. The van der Waals surface area contributed by atoms with Crippen LogP contribution < -0.4 is 0 Å². The predicted molar refractivity (Wildman–Crippen MR) is 164 cm³/mol. The molecule has 32 heavy (non-hydrogen) atoms. The van der Waals surface area contributed by atoms with Crippen molar-refractivity contribution < 1.29 is 9.59 Å². The number of carbonyl (C=O) groups is 2. The molecule has 0 radical (unpaired) electrons. The van der Waals surface area contributed by atoms with E-state index >= 15 is 0 Å². The van der Waals surface area contributed by atoms with Crippen LogP contribution in [0.1, 0.15) is 31.8 Å². The zero-order valence-electron chi connectivity index (χ0n) is 16.6. The molecule has 0 fully saturated rings. The molecule has 0 aliphatic carbocycles. The molecule has 6 heteroatoms. The van der Waals surface area contributed by atoms with Gasteiger partial charge in [0.1, 0.15) is 0 Å². The molecular formula is C26H16I4O2. The van der Waals surface area contributed by atoms with Crippen molar-refractivity contribution in [2.75, 3.05) is 0 Å². The molecule has 0 aromatic heterocycles. The second-order valence-corrected chi connectivity index (χ2v) is 11.1. The summed E-state index contributed by atoms with van der Waals surface area (Å²) in [6, 6.07) is 30.3. The van der Waals surface area contributed by atoms with Gasteiger partial charge in [0.25, 0.3) is 0 Å². The second-order valence-electron chi connectivity index (χ2n) is 6.59. The molecule has 0 amide bonds. The van der Waals surface area contributed by atoms with Gasteiger partial charge in [-0.15, -0.1) is 0 Å². The van der Waals surface area contributed by atoms with E-state index in [1.807, 2.05) is 97.1 Å². The van der Waals surface area contributed by atoms with Crippen LogP contribution in [0.15, 0.2) is 97.1 Å². The van der Waals surface area contributed by atoms with E-state index < -0.39 is 0 Å². The SMILES string of the molecule is O=C(c1ccccc1)c1cccc(I)c1I.O=C(c1ccccc1)c1cccc(I)c1I. The Morgan fingerprint density at radius 3 is 1.12 bits per heavy atom. The summed E-state index contributed by atoms with van der Waals surface area (Å²) >= 11 is 8.92. The van der Waals surface area contributed by atoms with Gasteiger partial charge in [0.05, 0.1) is 0 Å². The molecule has 0 unspecified atom stereocenters. The van der Waals surface area contributed by atoms with E-state index in [0.717, 1.165) is 36.5 Å². The van der Waals surface area contributed by atoms with Crippen molar-refractivity contribution >= 4 is 102 Å². The average molecular weight is 868 g/mol. The summed E-state index contributed by atoms with van der Waals surface area (Å²) in [5.41, 5.74) is 3.03. The van der Waals surface area contributed by atoms with Gasteiger partial charge >= 0.3 is 0 Å². The van der Waals surface area contributed by atoms with Crippen molar-refractivity contribution in [2.24, 2.45) is 0 Å². The third-order valence-electron chi connectivity index (χ3n) is 4.46. The Labute approximate surface area is 242 Å². The second kappa shape index (κ2) is 12.6. The lowest BCUT2D eigenvalue weighted by Gasteiger charge is -2.05. The van der Waals surface area contributed by atoms with Crippen LogP contribution >= 0.6 is 90.4 Å². The standard InChI is InChI=1S/2C13H8I2O/c2*14-11-8-4-7-10(12(11)15)13(16)9-5-2-1-3-6-9/h2*1-8H. The summed E-state index contributed by atoms with van der Waals surface area (Å²) < 4.78 is 4.27. The molecule has 0 heterocycles. The van der Waals surface area contributed by atoms with Crippen LogP contribution in [0.4, 0.5) is 0 Å². The lowest BCUT2D eigenvalue weighted by molar-refractivity contribution is 0.103. The molecule has 4 rings (SSSR count). The molecule has 0 bridgehead atoms. The molecule has 2 nitrogen and oxygen atoms in total. The third kappa shape index (κ3) is 6.60. The zero-order valence-corrected chi connectivity index (χ0v) is 25.2. The Hall–Kier alpha value is -0.860. The molecule has 0 aliphatic rings. The number of hydrogen-bond donors (Lipinski definition) is 0. The molecule has 160 valence electrons. The first-order valence-corrected chi connectivity index (χ1v) is 13.8. The molecule has 0 saturated heterocycles. The molecule has 4 aromatic carbocycles. The maximum Gasteiger partial charge on any atom is 0.194 e. The van der Waals surface area contributed by atoms with E-state index in [9.17, 15) is 9.59 Å². The van der Waals surface area contributed by atoms with E-state index in [4.69, 9.17) is 0 Å². The van der Waals surface area contributed by atoms with Gasteiger partial charge < -0.3 is 0 Å². The maximum absolute atomic E-state index is 12.2. The minimum Gasteiger partial charge on any atom is -0.289 e. The molecule has 0 N–H and O–H groups in total. The van der Waals surface area contributed by atoms with Gasteiger partial charge in [0.2, 0.25) is 0 Å². The van der Waals surface area contributed by atoms with Crippen LogP contribution in [0.25, 0.3) is 0 Å². The molecular weight excluding hydrogens is 852 g/mol. The van der Waals surface area contributed by atoms with Crippen LogP contribution in [0.2, 0.25) is 0 Å². The summed E-state index contributed by atoms with van der Waals surface area (Å²) in [4.78, 5) is 24.4. The monoisotopic (exact) mass is 868 g/mol. The minimum absolute atomic E-state index is 0.0866. The number of carbonyl (C=O) groups excluding carboxylic acids is 2. The van der Waals surface area contributed by atoms with E-state index in [2.05, 4.69) is 90.4 Å². The zero-order chi connectivity index (χ0) is 23.1. The Morgan fingerprint density at radius 2 is 0.781 bits per heavy atom. The highest BCUT2D eigenvalue weighted by atomic mass is 127. The number of benzene rings is 4. The fourth-order valence-electron chi connectivity index (χ4n) is 2.85. The largest absolute Gasteiger partial charge is 0.289 e. The molecule has 4 aromatic rings. The number of rotatable bonds is 4. The van der Waals surface area contributed by atoms with Crippen molar-refractivity contribution in [3.8, 4) is 0 Å². The summed E-state index contributed by atoms with van der Waals surface area (Å²) in [7, 11) is 0. The van der Waals surface area contributed by atoms with Crippen LogP contribution in [-0.4, -0.2) is 11.6 Å². The Bertz CT molecular complexity index is 1140. The van der Waals surface area contributed by atoms with E-state index in [0.29, 0.717) is 0 Å². The van der Waals surface area contributed by atoms with Crippen molar-refractivity contribution in [3.05, 3.63) is 134 Å². The van der Waals surface area contributed by atoms with Gasteiger partial charge in [0.15, 0.2) is 11.6 Å². The minimum atomic E-state index is 0.0866. The first-order chi connectivity index (χ1) is 15.4. The molecule has 0 spiro atoms. The topological polar surface area (TPSA) is 34.1 Å². The Balaban J connectivity index is 0.000000181. The number of ketones is 2. The average Bonchev–Trinajstić information content (AvgIpc) is 2.83. The molecule has 0 saturated carbocycles. The first-order valence-electron chi connectivity index (χ1n) is 9.47. The molecule has 0 atom stereocenters. The Kier molecular flexibility index (Phi) is 10.1. The van der Waals surface area contributed by atoms with E-state index in [1.165, 1.54) is 0 Å². The van der Waals surface area contributed by atoms with Gasteiger partial charge in [-0.2, -0.15) is 0 Å². The Morgan fingerprint density at radius 1 is 0.438 bits per heavy atom. The van der Waals surface area contributed by atoms with Gasteiger partial charge in [-0.1, -0.05) is 72.8 Å². The summed E-state index contributed by atoms with van der Waals surface area (Å²) in [5.74, 6) is 0.173. The van der Waals surface area contributed by atoms with Crippen molar-refractivity contribution in [2.45, 2.75) is 0 Å². The fraction of sp³-hybridized carbons (Fsp3) is 0. The van der Waals surface area contributed by atoms with E-state index in [-0.39, 0.29) is 11.6 Å². The fourth-order valence-corrected chi connectivity index (χ4v) is 5.05. The summed E-state index contributed by atoms with van der Waals surface area (Å²) in [6.45, 7) is 0. The van der Waals surface area contributed by atoms with Crippen LogP contribution in [0.3, 0.4) is 0 Å². The number of halogens is 4. The van der Waals surface area contributed by atoms with Crippen molar-refractivity contribution in [3.63, 3.8) is 0 Å². The normalized spacial score (nSPS) is 10.1. The van der Waals surface area contributed by atoms with Crippen molar-refractivity contribution in [1.82, 2.24) is 0 Å². The summed E-state index contributed by atoms with van der Waals surface area (Å²) in [6.07, 6.45) is 0. The van der Waals surface area contributed by atoms with E-state index in [1.54, 1.807) is 0 Å². The van der Waals surface area contributed by atoms with Crippen LogP contribution in [0, 0.1) is 14.3 Å². The smallest absolute Gasteiger partial charge is 0.194 e. The lowest BCUT2D eigenvalue weighted by Crippen LogP contribution is -2.04. The summed E-state index contributed by atoms with van der Waals surface area (Å²) in [5, 5.41) is 0. The van der Waals surface area contributed by atoms with Gasteiger partial charge in [-0.25, -0.2) is 0 Å². The maximum atomic E-state index is 12.2. The predicted octanol–water partition coefficient (Wildman–Crippen LogP) is 8.25. The van der Waals surface area contributed by atoms with Crippen molar-refractivity contribution in [1.29, 1.82) is 0 Å². The lowest BCUT2D eigenvalue weighted by atomic mass is 10.0. The van der Waals surface area contributed by atoms with Gasteiger partial charge in [0, 0.05) is 36.5 Å². The quantitative estimate of drug-likeness (QED) is 0.153. The van der Waals surface area contributed by atoms with Gasteiger partial charge in [-0.05, 0) is 115 Å². The highest BCUT2D eigenvalue weighted by molar-refractivity contribution is 14.1. The van der Waals surface area contributed by atoms with Crippen LogP contribution in [0.5, 0.6) is 0 Å². The van der Waals surface area contributed by atoms with Crippen LogP contribution in [-0.2, 0) is 0 Å². The highest BCUT2D eigenvalue weighted by Crippen LogP contribution is 2.22. The molecule has 0 aliphatic heterocycles.